The van der Waals surface area contributed by atoms with Gasteiger partial charge in [0, 0.05) is 12.5 Å². The fourth-order valence-electron chi connectivity index (χ4n) is 2.82. The molecule has 0 N–H and O–H groups in total. The van der Waals surface area contributed by atoms with Crippen molar-refractivity contribution in [2.24, 2.45) is 0 Å². The van der Waals surface area contributed by atoms with Crippen LogP contribution in [-0.4, -0.2) is 21.4 Å². The summed E-state index contributed by atoms with van der Waals surface area (Å²) >= 11 is 0. The molecule has 0 spiro atoms. The Bertz CT molecular complexity index is 1000. The fraction of sp³-hybridized carbons (Fsp3) is 0.176. The van der Waals surface area contributed by atoms with Gasteiger partial charge in [-0.1, -0.05) is 6.07 Å². The van der Waals surface area contributed by atoms with Crippen molar-refractivity contribution in [3.8, 4) is 22.9 Å². The molecule has 0 saturated heterocycles. The molecule has 2 heterocycles. The molecule has 1 aliphatic rings. The molecule has 0 bridgehead atoms. The standard InChI is InChI=1S/C17H10F5N3O2/c18-16(19)27-14-6-10(17(20,21)22)2-4-13(14)26-11-3-1-9-5-15-24-23-8-25(15)12(9)7-11/h1-4,6-8,16H,5H2. The lowest BCUT2D eigenvalue weighted by Gasteiger charge is -2.15. The van der Waals surface area contributed by atoms with Crippen molar-refractivity contribution in [1.82, 2.24) is 14.8 Å². The molecule has 0 unspecified atom stereocenters. The first-order valence-corrected chi connectivity index (χ1v) is 7.67. The van der Waals surface area contributed by atoms with Gasteiger partial charge in [0.05, 0.1) is 11.3 Å². The van der Waals surface area contributed by atoms with Crippen molar-refractivity contribution in [1.29, 1.82) is 0 Å². The maximum atomic E-state index is 12.8. The van der Waals surface area contributed by atoms with E-state index in [1.54, 1.807) is 22.8 Å². The topological polar surface area (TPSA) is 49.2 Å². The quantitative estimate of drug-likeness (QED) is 0.484. The number of alkyl halides is 5. The van der Waals surface area contributed by atoms with Gasteiger partial charge in [-0.15, -0.1) is 10.2 Å². The van der Waals surface area contributed by atoms with E-state index in [1.807, 2.05) is 0 Å². The molecule has 10 heteroatoms. The van der Waals surface area contributed by atoms with Crippen LogP contribution in [0.15, 0.2) is 42.7 Å². The maximum absolute atomic E-state index is 12.8. The molecule has 27 heavy (non-hydrogen) atoms. The van der Waals surface area contributed by atoms with Gasteiger partial charge in [-0.05, 0) is 29.8 Å². The highest BCUT2D eigenvalue weighted by Gasteiger charge is 2.32. The smallest absolute Gasteiger partial charge is 0.416 e. The summed E-state index contributed by atoms with van der Waals surface area (Å²) in [6.07, 6.45) is -2.60. The molecular formula is C17H10F5N3O2. The minimum Gasteiger partial charge on any atom is -0.453 e. The van der Waals surface area contributed by atoms with Gasteiger partial charge >= 0.3 is 12.8 Å². The van der Waals surface area contributed by atoms with E-state index in [-0.39, 0.29) is 11.5 Å². The second kappa shape index (κ2) is 6.22. The van der Waals surface area contributed by atoms with Crippen LogP contribution in [-0.2, 0) is 12.6 Å². The molecule has 1 aromatic heterocycles. The molecule has 2 aromatic carbocycles. The van der Waals surface area contributed by atoms with Gasteiger partial charge in [-0.3, -0.25) is 4.57 Å². The molecule has 0 radical (unpaired) electrons. The van der Waals surface area contributed by atoms with Crippen LogP contribution in [0.1, 0.15) is 17.0 Å². The second-order valence-corrected chi connectivity index (χ2v) is 5.72. The number of ether oxygens (including phenoxy) is 2. The summed E-state index contributed by atoms with van der Waals surface area (Å²) in [6.45, 7) is -3.30. The SMILES string of the molecule is FC(F)Oc1cc(C(F)(F)F)ccc1Oc1ccc2c(c1)-n1cnnc1C2. The minimum atomic E-state index is -4.70. The molecule has 0 aliphatic carbocycles. The average Bonchev–Trinajstić information content (AvgIpc) is 3.16. The van der Waals surface area contributed by atoms with E-state index >= 15 is 0 Å². The number of hydrogen-bond acceptors (Lipinski definition) is 4. The van der Waals surface area contributed by atoms with Gasteiger partial charge in [0.2, 0.25) is 0 Å². The van der Waals surface area contributed by atoms with Crippen LogP contribution in [0.4, 0.5) is 22.0 Å². The third-order valence-electron chi connectivity index (χ3n) is 4.00. The summed E-state index contributed by atoms with van der Waals surface area (Å²) in [5, 5.41) is 7.76. The van der Waals surface area contributed by atoms with E-state index in [4.69, 9.17) is 4.74 Å². The van der Waals surface area contributed by atoms with E-state index in [2.05, 4.69) is 14.9 Å². The second-order valence-electron chi connectivity index (χ2n) is 5.72. The van der Waals surface area contributed by atoms with E-state index in [9.17, 15) is 22.0 Å². The van der Waals surface area contributed by atoms with Crippen LogP contribution in [0.5, 0.6) is 17.2 Å². The Labute approximate surface area is 149 Å². The maximum Gasteiger partial charge on any atom is 0.416 e. The monoisotopic (exact) mass is 383 g/mol. The van der Waals surface area contributed by atoms with Crippen LogP contribution < -0.4 is 9.47 Å². The first kappa shape index (κ1) is 17.3. The van der Waals surface area contributed by atoms with E-state index in [0.29, 0.717) is 12.5 Å². The fourth-order valence-corrected chi connectivity index (χ4v) is 2.82. The number of rotatable bonds is 4. The zero-order valence-corrected chi connectivity index (χ0v) is 13.4. The minimum absolute atomic E-state index is 0.245. The van der Waals surface area contributed by atoms with Gasteiger partial charge in [0.25, 0.3) is 0 Å². The molecule has 0 saturated carbocycles. The van der Waals surface area contributed by atoms with E-state index < -0.39 is 24.1 Å². The van der Waals surface area contributed by atoms with Crippen molar-refractivity contribution in [3.63, 3.8) is 0 Å². The number of nitrogens with zero attached hydrogens (tertiary/aromatic N) is 3. The van der Waals surface area contributed by atoms with Gasteiger partial charge in [0.1, 0.15) is 17.9 Å². The molecule has 4 rings (SSSR count). The zero-order chi connectivity index (χ0) is 19.2. The molecule has 1 aliphatic heterocycles. The number of aromatic nitrogens is 3. The summed E-state index contributed by atoms with van der Waals surface area (Å²) in [7, 11) is 0. The predicted octanol–water partition coefficient (Wildman–Crippen LogP) is 4.58. The normalized spacial score (nSPS) is 12.8. The summed E-state index contributed by atoms with van der Waals surface area (Å²) in [5.41, 5.74) is 0.591. The van der Waals surface area contributed by atoms with Crippen molar-refractivity contribution in [3.05, 3.63) is 59.7 Å². The Morgan fingerprint density at radius 2 is 1.85 bits per heavy atom. The van der Waals surface area contributed by atoms with Crippen LogP contribution in [0.25, 0.3) is 5.69 Å². The Hall–Kier alpha value is -3.17. The highest BCUT2D eigenvalue weighted by Crippen LogP contribution is 2.39. The Kier molecular flexibility index (Phi) is 3.97. The van der Waals surface area contributed by atoms with Gasteiger partial charge in [-0.25, -0.2) is 0 Å². The molecule has 5 nitrogen and oxygen atoms in total. The number of benzene rings is 2. The predicted molar refractivity (Wildman–Crippen MR) is 82.3 cm³/mol. The zero-order valence-electron chi connectivity index (χ0n) is 13.4. The van der Waals surface area contributed by atoms with Gasteiger partial charge in [0.15, 0.2) is 11.5 Å². The van der Waals surface area contributed by atoms with Crippen LogP contribution >= 0.6 is 0 Å². The summed E-state index contributed by atoms with van der Waals surface area (Å²) in [4.78, 5) is 0. The molecular weight excluding hydrogens is 373 g/mol. The van der Waals surface area contributed by atoms with Gasteiger partial charge in [-0.2, -0.15) is 22.0 Å². The van der Waals surface area contributed by atoms with Crippen LogP contribution in [0.3, 0.4) is 0 Å². The number of fused-ring (bicyclic) bond motifs is 3. The third-order valence-corrected chi connectivity index (χ3v) is 4.00. The van der Waals surface area contributed by atoms with E-state index in [0.717, 1.165) is 29.2 Å². The Morgan fingerprint density at radius 3 is 2.59 bits per heavy atom. The highest BCUT2D eigenvalue weighted by atomic mass is 19.4. The molecule has 0 fully saturated rings. The highest BCUT2D eigenvalue weighted by molar-refractivity contribution is 5.54. The molecule has 0 amide bonds. The lowest BCUT2D eigenvalue weighted by Crippen LogP contribution is -2.08. The number of halogens is 5. The lowest BCUT2D eigenvalue weighted by molar-refractivity contribution is -0.138. The number of hydrogen-bond donors (Lipinski definition) is 0. The molecule has 140 valence electrons. The van der Waals surface area contributed by atoms with Gasteiger partial charge < -0.3 is 9.47 Å². The van der Waals surface area contributed by atoms with Crippen molar-refractivity contribution in [2.75, 3.05) is 0 Å². The summed E-state index contributed by atoms with van der Waals surface area (Å²) in [6, 6.07) is 7.13. The van der Waals surface area contributed by atoms with Crippen molar-refractivity contribution < 1.29 is 31.4 Å². The Balaban J connectivity index is 1.68. The summed E-state index contributed by atoms with van der Waals surface area (Å²) < 4.78 is 75.1. The summed E-state index contributed by atoms with van der Waals surface area (Å²) in [5.74, 6) is 0.0168. The molecule has 3 aromatic rings. The average molecular weight is 383 g/mol. The van der Waals surface area contributed by atoms with Crippen LogP contribution in [0, 0.1) is 0 Å². The first-order chi connectivity index (χ1) is 12.8. The van der Waals surface area contributed by atoms with Crippen molar-refractivity contribution in [2.45, 2.75) is 19.2 Å². The Morgan fingerprint density at radius 1 is 1.04 bits per heavy atom. The van der Waals surface area contributed by atoms with E-state index in [1.165, 1.54) is 6.33 Å². The third kappa shape index (κ3) is 3.29. The van der Waals surface area contributed by atoms with Crippen LogP contribution in [0.2, 0.25) is 0 Å². The largest absolute Gasteiger partial charge is 0.453 e. The molecule has 0 atom stereocenters. The first-order valence-electron chi connectivity index (χ1n) is 7.67. The van der Waals surface area contributed by atoms with Crippen molar-refractivity contribution >= 4 is 0 Å². The lowest BCUT2D eigenvalue weighted by atomic mass is 10.1.